The summed E-state index contributed by atoms with van der Waals surface area (Å²) < 4.78 is 0. The van der Waals surface area contributed by atoms with Crippen LogP contribution in [0.25, 0.3) is 0 Å². The molecule has 1 saturated heterocycles. The fraction of sp³-hybridized carbons (Fsp3) is 0.312. The lowest BCUT2D eigenvalue weighted by molar-refractivity contribution is -0.127. The van der Waals surface area contributed by atoms with Gasteiger partial charge in [0.1, 0.15) is 6.07 Å². The first-order chi connectivity index (χ1) is 11.2. The molecule has 0 unspecified atom stereocenters. The van der Waals surface area contributed by atoms with Gasteiger partial charge in [0, 0.05) is 50.7 Å². The van der Waals surface area contributed by atoms with Gasteiger partial charge in [-0.3, -0.25) is 9.78 Å². The lowest BCUT2D eigenvalue weighted by atomic mass is 9.94. The normalized spacial score (nSPS) is 20.3. The van der Waals surface area contributed by atoms with E-state index in [1.165, 1.54) is 12.4 Å². The van der Waals surface area contributed by atoms with Crippen molar-refractivity contribution < 1.29 is 4.79 Å². The quantitative estimate of drug-likeness (QED) is 0.916. The zero-order valence-electron chi connectivity index (χ0n) is 12.7. The Morgan fingerprint density at radius 3 is 2.96 bits per heavy atom. The number of amides is 1. The highest BCUT2D eigenvalue weighted by Crippen LogP contribution is 2.36. The molecule has 1 amide bonds. The van der Waals surface area contributed by atoms with Crippen LogP contribution in [0.3, 0.4) is 0 Å². The molecule has 1 fully saturated rings. The zero-order chi connectivity index (χ0) is 16.2. The minimum Gasteiger partial charge on any atom is -0.367 e. The van der Waals surface area contributed by atoms with Crippen LogP contribution in [0.1, 0.15) is 23.7 Å². The van der Waals surface area contributed by atoms with Crippen molar-refractivity contribution in [2.45, 2.75) is 12.5 Å². The summed E-state index contributed by atoms with van der Waals surface area (Å²) in [5, 5.41) is 12.2. The Morgan fingerprint density at radius 2 is 2.22 bits per heavy atom. The number of likely N-dealkylation sites (tertiary alicyclic amines) is 1. The van der Waals surface area contributed by atoms with Crippen LogP contribution in [0, 0.1) is 17.2 Å². The monoisotopic (exact) mass is 308 g/mol. The number of pyridine rings is 1. The summed E-state index contributed by atoms with van der Waals surface area (Å²) in [7, 11) is 1.81. The summed E-state index contributed by atoms with van der Waals surface area (Å²) in [4.78, 5) is 26.1. The highest BCUT2D eigenvalue weighted by Gasteiger charge is 2.38. The molecule has 0 aromatic carbocycles. The Labute approximate surface area is 134 Å². The minimum atomic E-state index is -0.0362. The predicted octanol–water partition coefficient (Wildman–Crippen LogP) is 1.37. The molecule has 1 aliphatic heterocycles. The van der Waals surface area contributed by atoms with E-state index >= 15 is 0 Å². The van der Waals surface area contributed by atoms with E-state index < -0.39 is 0 Å². The van der Waals surface area contributed by atoms with Crippen LogP contribution >= 0.6 is 0 Å². The smallest absolute Gasteiger partial charge is 0.223 e. The number of carbonyl (C=O) groups is 1. The Morgan fingerprint density at radius 1 is 1.39 bits per heavy atom. The zero-order valence-corrected chi connectivity index (χ0v) is 12.7. The van der Waals surface area contributed by atoms with Gasteiger partial charge in [-0.25, -0.2) is 9.97 Å². The van der Waals surface area contributed by atoms with Crippen LogP contribution < -0.4 is 5.32 Å². The number of hydrogen-bond donors (Lipinski definition) is 1. The highest BCUT2D eigenvalue weighted by atomic mass is 16.2. The summed E-state index contributed by atoms with van der Waals surface area (Å²) in [6, 6.07) is 5.81. The van der Waals surface area contributed by atoms with E-state index in [1.54, 1.807) is 17.3 Å². The standard InChI is InChI=1S/C16H16N6O/c1-22-14(23)7-12(15(22)11-3-2-4-18-9-11)10-21-16-13(8-17)19-5-6-20-16/h2-6,9,12,15H,7,10H2,1H3,(H,20,21)/t12-,15-/m0/s1. The van der Waals surface area contributed by atoms with Crippen molar-refractivity contribution in [3.8, 4) is 6.07 Å². The Bertz CT molecular complexity index is 742. The van der Waals surface area contributed by atoms with Crippen LogP contribution in [-0.2, 0) is 4.79 Å². The molecule has 0 spiro atoms. The van der Waals surface area contributed by atoms with Crippen LogP contribution in [-0.4, -0.2) is 39.4 Å². The average Bonchev–Trinajstić information content (AvgIpc) is 2.88. The molecule has 0 bridgehead atoms. The Hall–Kier alpha value is -3.01. The topological polar surface area (TPSA) is 94.8 Å². The van der Waals surface area contributed by atoms with Crippen molar-refractivity contribution >= 4 is 11.7 Å². The first-order valence-corrected chi connectivity index (χ1v) is 7.31. The maximum absolute atomic E-state index is 12.1. The number of aromatic nitrogens is 3. The van der Waals surface area contributed by atoms with Crippen molar-refractivity contribution in [3.63, 3.8) is 0 Å². The largest absolute Gasteiger partial charge is 0.367 e. The summed E-state index contributed by atoms with van der Waals surface area (Å²) in [5.74, 6) is 0.623. The van der Waals surface area contributed by atoms with Crippen molar-refractivity contribution in [1.82, 2.24) is 19.9 Å². The van der Waals surface area contributed by atoms with Crippen molar-refractivity contribution in [1.29, 1.82) is 5.26 Å². The summed E-state index contributed by atoms with van der Waals surface area (Å²) in [6.07, 6.45) is 6.97. The van der Waals surface area contributed by atoms with Crippen molar-refractivity contribution in [3.05, 3.63) is 48.2 Å². The van der Waals surface area contributed by atoms with E-state index in [0.717, 1.165) is 5.56 Å². The van der Waals surface area contributed by atoms with E-state index in [1.807, 2.05) is 25.2 Å². The lowest BCUT2D eigenvalue weighted by Crippen LogP contribution is -2.27. The maximum atomic E-state index is 12.1. The summed E-state index contributed by atoms with van der Waals surface area (Å²) >= 11 is 0. The van der Waals surface area contributed by atoms with Crippen LogP contribution in [0.4, 0.5) is 5.82 Å². The molecule has 2 atom stereocenters. The van der Waals surface area contributed by atoms with Gasteiger partial charge in [-0.2, -0.15) is 5.26 Å². The summed E-state index contributed by atoms with van der Waals surface area (Å²) in [6.45, 7) is 0.531. The molecule has 0 radical (unpaired) electrons. The third-order valence-electron chi connectivity index (χ3n) is 4.06. The molecular weight excluding hydrogens is 292 g/mol. The fourth-order valence-corrected chi connectivity index (χ4v) is 2.96. The average molecular weight is 308 g/mol. The second-order valence-electron chi connectivity index (χ2n) is 5.45. The number of nitrogens with zero attached hydrogens (tertiary/aromatic N) is 5. The first kappa shape index (κ1) is 14.9. The number of hydrogen-bond acceptors (Lipinski definition) is 6. The van der Waals surface area contributed by atoms with Gasteiger partial charge >= 0.3 is 0 Å². The van der Waals surface area contributed by atoms with Gasteiger partial charge in [-0.05, 0) is 11.6 Å². The minimum absolute atomic E-state index is 0.0362. The molecular formula is C16H16N6O. The Balaban J connectivity index is 1.78. The number of rotatable bonds is 4. The lowest BCUT2D eigenvalue weighted by Gasteiger charge is -2.25. The second kappa shape index (κ2) is 6.40. The van der Waals surface area contributed by atoms with Crippen molar-refractivity contribution in [2.24, 2.45) is 5.92 Å². The SMILES string of the molecule is CN1C(=O)C[C@@H](CNc2nccnc2C#N)[C@@H]1c1cccnc1. The maximum Gasteiger partial charge on any atom is 0.223 e. The molecule has 116 valence electrons. The molecule has 1 aliphatic rings. The van der Waals surface area contributed by atoms with E-state index in [4.69, 9.17) is 5.26 Å². The molecule has 0 aliphatic carbocycles. The third kappa shape index (κ3) is 2.97. The van der Waals surface area contributed by atoms with Gasteiger partial charge in [0.15, 0.2) is 11.5 Å². The molecule has 1 N–H and O–H groups in total. The molecule has 3 heterocycles. The van der Waals surface area contributed by atoms with Gasteiger partial charge in [-0.15, -0.1) is 0 Å². The number of nitrogens with one attached hydrogen (secondary N) is 1. The van der Waals surface area contributed by atoms with Crippen LogP contribution in [0.15, 0.2) is 36.9 Å². The van der Waals surface area contributed by atoms with Gasteiger partial charge in [0.25, 0.3) is 0 Å². The number of carbonyl (C=O) groups excluding carboxylic acids is 1. The molecule has 2 aromatic rings. The van der Waals surface area contributed by atoms with Crippen LogP contribution in [0.2, 0.25) is 0 Å². The van der Waals surface area contributed by atoms with Crippen molar-refractivity contribution in [2.75, 3.05) is 18.9 Å². The van der Waals surface area contributed by atoms with E-state index in [2.05, 4.69) is 20.3 Å². The van der Waals surface area contributed by atoms with E-state index in [-0.39, 0.29) is 23.6 Å². The van der Waals surface area contributed by atoms with Crippen LogP contribution in [0.5, 0.6) is 0 Å². The molecule has 0 saturated carbocycles. The van der Waals surface area contributed by atoms with Gasteiger partial charge < -0.3 is 10.2 Å². The third-order valence-corrected chi connectivity index (χ3v) is 4.06. The number of anilines is 1. The van der Waals surface area contributed by atoms with Gasteiger partial charge in [-0.1, -0.05) is 6.07 Å². The van der Waals surface area contributed by atoms with Gasteiger partial charge in [0.05, 0.1) is 6.04 Å². The molecule has 7 heteroatoms. The van der Waals surface area contributed by atoms with Gasteiger partial charge in [0.2, 0.25) is 5.91 Å². The number of nitriles is 1. The summed E-state index contributed by atoms with van der Waals surface area (Å²) in [5.41, 5.74) is 1.26. The molecule has 7 nitrogen and oxygen atoms in total. The highest BCUT2D eigenvalue weighted by molar-refractivity contribution is 5.79. The molecule has 3 rings (SSSR count). The Kier molecular flexibility index (Phi) is 4.15. The molecule has 23 heavy (non-hydrogen) atoms. The second-order valence-corrected chi connectivity index (χ2v) is 5.45. The first-order valence-electron chi connectivity index (χ1n) is 7.31. The van der Waals surface area contributed by atoms with E-state index in [0.29, 0.717) is 18.8 Å². The molecule has 2 aromatic heterocycles. The fourth-order valence-electron chi connectivity index (χ4n) is 2.96. The predicted molar refractivity (Wildman–Crippen MR) is 83.1 cm³/mol. The van der Waals surface area contributed by atoms with E-state index in [9.17, 15) is 4.79 Å².